The van der Waals surface area contributed by atoms with Crippen LogP contribution in [0.4, 0.5) is 0 Å². The Morgan fingerprint density at radius 1 is 1.17 bits per heavy atom. The largest absolute Gasteiger partial charge is 0.381 e. The van der Waals surface area contributed by atoms with Crippen LogP contribution in [0.15, 0.2) is 29.3 Å². The molecule has 0 aromatic heterocycles. The number of ether oxygens (including phenoxy) is 3. The molecule has 6 heteroatoms. The lowest BCUT2D eigenvalue weighted by Crippen LogP contribution is -2.37. The van der Waals surface area contributed by atoms with Gasteiger partial charge in [-0.3, -0.25) is 4.99 Å². The highest BCUT2D eigenvalue weighted by molar-refractivity contribution is 5.79. The average molecular weight is 406 g/mol. The summed E-state index contributed by atoms with van der Waals surface area (Å²) >= 11 is 0. The van der Waals surface area contributed by atoms with Crippen molar-refractivity contribution < 1.29 is 14.2 Å². The molecule has 0 unspecified atom stereocenters. The summed E-state index contributed by atoms with van der Waals surface area (Å²) in [5.41, 5.74) is 2.26. The van der Waals surface area contributed by atoms with E-state index in [4.69, 9.17) is 14.2 Å². The number of hydrogen-bond acceptors (Lipinski definition) is 4. The number of nitrogens with zero attached hydrogens (tertiary/aromatic N) is 1. The fourth-order valence-electron chi connectivity index (χ4n) is 3.08. The molecule has 1 fully saturated rings. The number of benzene rings is 1. The van der Waals surface area contributed by atoms with Gasteiger partial charge in [-0.15, -0.1) is 0 Å². The predicted molar refractivity (Wildman–Crippen MR) is 118 cm³/mol. The van der Waals surface area contributed by atoms with Gasteiger partial charge in [0, 0.05) is 46.6 Å². The van der Waals surface area contributed by atoms with E-state index in [-0.39, 0.29) is 5.60 Å². The summed E-state index contributed by atoms with van der Waals surface area (Å²) in [6, 6.07) is 8.47. The number of aliphatic imine (C=N–C) groups is 1. The molecule has 29 heavy (non-hydrogen) atoms. The first-order valence-corrected chi connectivity index (χ1v) is 10.8. The third-order valence-corrected chi connectivity index (χ3v) is 4.80. The fraction of sp³-hybridized carbons (Fsp3) is 0.696. The average Bonchev–Trinajstić information content (AvgIpc) is 2.72. The van der Waals surface area contributed by atoms with Gasteiger partial charge < -0.3 is 24.8 Å². The van der Waals surface area contributed by atoms with Crippen molar-refractivity contribution in [3.63, 3.8) is 0 Å². The molecule has 1 heterocycles. The number of hydrogen-bond donors (Lipinski definition) is 2. The highest BCUT2D eigenvalue weighted by Crippen LogP contribution is 2.15. The van der Waals surface area contributed by atoms with E-state index in [1.807, 2.05) is 0 Å². The lowest BCUT2D eigenvalue weighted by atomic mass is 10.0. The van der Waals surface area contributed by atoms with Gasteiger partial charge in [-0.2, -0.15) is 0 Å². The lowest BCUT2D eigenvalue weighted by Gasteiger charge is -2.21. The fourth-order valence-corrected chi connectivity index (χ4v) is 3.08. The van der Waals surface area contributed by atoms with Crippen LogP contribution in [-0.4, -0.2) is 51.6 Å². The van der Waals surface area contributed by atoms with E-state index >= 15 is 0 Å². The van der Waals surface area contributed by atoms with Gasteiger partial charge >= 0.3 is 0 Å². The van der Waals surface area contributed by atoms with Crippen molar-refractivity contribution in [1.29, 1.82) is 0 Å². The van der Waals surface area contributed by atoms with Crippen LogP contribution in [0.25, 0.3) is 0 Å². The molecule has 1 aromatic rings. The third kappa shape index (κ3) is 10.6. The van der Waals surface area contributed by atoms with Crippen LogP contribution in [0.5, 0.6) is 0 Å². The first-order chi connectivity index (χ1) is 14.0. The van der Waals surface area contributed by atoms with Gasteiger partial charge in [0.2, 0.25) is 0 Å². The van der Waals surface area contributed by atoms with E-state index < -0.39 is 0 Å². The number of guanidine groups is 1. The van der Waals surface area contributed by atoms with Crippen molar-refractivity contribution in [2.75, 3.05) is 40.0 Å². The minimum atomic E-state index is -0.130. The molecule has 6 nitrogen and oxygen atoms in total. The van der Waals surface area contributed by atoms with Crippen molar-refractivity contribution in [2.24, 2.45) is 10.9 Å². The van der Waals surface area contributed by atoms with Crippen LogP contribution in [0.1, 0.15) is 51.2 Å². The minimum absolute atomic E-state index is 0.130. The Morgan fingerprint density at radius 2 is 1.93 bits per heavy atom. The van der Waals surface area contributed by atoms with Crippen molar-refractivity contribution >= 4 is 5.96 Å². The minimum Gasteiger partial charge on any atom is -0.381 e. The Kier molecular flexibility index (Phi) is 10.5. The van der Waals surface area contributed by atoms with Crippen molar-refractivity contribution in [1.82, 2.24) is 10.6 Å². The quantitative estimate of drug-likeness (QED) is 0.354. The molecule has 0 saturated carbocycles. The predicted octanol–water partition coefficient (Wildman–Crippen LogP) is 3.50. The van der Waals surface area contributed by atoms with Crippen LogP contribution in [0.3, 0.4) is 0 Å². The molecular weight excluding hydrogens is 366 g/mol. The molecule has 2 N–H and O–H groups in total. The normalized spacial score (nSPS) is 16.1. The highest BCUT2D eigenvalue weighted by atomic mass is 16.5. The van der Waals surface area contributed by atoms with Gasteiger partial charge in [0.05, 0.1) is 12.2 Å². The van der Waals surface area contributed by atoms with Crippen LogP contribution in [0.2, 0.25) is 0 Å². The number of nitrogens with one attached hydrogen (secondary N) is 2. The van der Waals surface area contributed by atoms with Crippen LogP contribution < -0.4 is 10.6 Å². The van der Waals surface area contributed by atoms with Gasteiger partial charge in [-0.25, -0.2) is 0 Å². The van der Waals surface area contributed by atoms with Gasteiger partial charge in [0.1, 0.15) is 0 Å². The zero-order chi connectivity index (χ0) is 21.0. The summed E-state index contributed by atoms with van der Waals surface area (Å²) in [5, 5.41) is 6.72. The lowest BCUT2D eigenvalue weighted by molar-refractivity contribution is -0.0149. The Bertz CT molecular complexity index is 608. The Hall–Kier alpha value is -1.63. The molecule has 0 amide bonds. The third-order valence-electron chi connectivity index (χ3n) is 4.80. The molecule has 164 valence electrons. The van der Waals surface area contributed by atoms with Gasteiger partial charge in [-0.1, -0.05) is 24.3 Å². The molecule has 1 aliphatic heterocycles. The van der Waals surface area contributed by atoms with Gasteiger partial charge in [-0.05, 0) is 57.1 Å². The maximum Gasteiger partial charge on any atom is 0.191 e. The second-order valence-corrected chi connectivity index (χ2v) is 8.56. The van der Waals surface area contributed by atoms with E-state index in [1.165, 1.54) is 11.1 Å². The molecule has 1 aromatic carbocycles. The summed E-state index contributed by atoms with van der Waals surface area (Å²) in [5.74, 6) is 1.47. The van der Waals surface area contributed by atoms with Crippen molar-refractivity contribution in [2.45, 2.75) is 58.8 Å². The van der Waals surface area contributed by atoms with Gasteiger partial charge in [0.25, 0.3) is 0 Å². The molecule has 0 spiro atoms. The second kappa shape index (κ2) is 12.8. The number of rotatable bonds is 10. The van der Waals surface area contributed by atoms with Crippen LogP contribution >= 0.6 is 0 Å². The molecule has 1 aliphatic rings. The van der Waals surface area contributed by atoms with E-state index in [0.29, 0.717) is 12.5 Å². The van der Waals surface area contributed by atoms with E-state index in [2.05, 4.69) is 60.7 Å². The van der Waals surface area contributed by atoms with Gasteiger partial charge in [0.15, 0.2) is 5.96 Å². The van der Waals surface area contributed by atoms with E-state index in [0.717, 1.165) is 64.7 Å². The maximum absolute atomic E-state index is 5.87. The first kappa shape index (κ1) is 23.6. The highest BCUT2D eigenvalue weighted by Gasteiger charge is 2.13. The zero-order valence-corrected chi connectivity index (χ0v) is 18.6. The molecule has 0 radical (unpaired) electrons. The molecular formula is C23H39N3O3. The summed E-state index contributed by atoms with van der Waals surface area (Å²) in [6.45, 7) is 11.8. The molecule has 2 rings (SSSR count). The Morgan fingerprint density at radius 3 is 2.66 bits per heavy atom. The smallest absolute Gasteiger partial charge is 0.191 e. The first-order valence-electron chi connectivity index (χ1n) is 10.8. The summed E-state index contributed by atoms with van der Waals surface area (Å²) in [7, 11) is 1.80. The summed E-state index contributed by atoms with van der Waals surface area (Å²) < 4.78 is 17.1. The molecule has 0 atom stereocenters. The van der Waals surface area contributed by atoms with Crippen LogP contribution in [0, 0.1) is 5.92 Å². The Balaban J connectivity index is 1.60. The van der Waals surface area contributed by atoms with Crippen molar-refractivity contribution in [3.8, 4) is 0 Å². The summed E-state index contributed by atoms with van der Waals surface area (Å²) in [6.07, 6.45) is 3.21. The molecule has 0 bridgehead atoms. The zero-order valence-electron chi connectivity index (χ0n) is 18.6. The summed E-state index contributed by atoms with van der Waals surface area (Å²) in [4.78, 5) is 4.30. The topological polar surface area (TPSA) is 64.1 Å². The molecule has 1 saturated heterocycles. The molecule has 0 aliphatic carbocycles. The van der Waals surface area contributed by atoms with Crippen LogP contribution in [-0.2, 0) is 27.4 Å². The van der Waals surface area contributed by atoms with Crippen molar-refractivity contribution in [3.05, 3.63) is 35.4 Å². The maximum atomic E-state index is 5.87. The van der Waals surface area contributed by atoms with E-state index in [1.54, 1.807) is 7.05 Å². The second-order valence-electron chi connectivity index (χ2n) is 8.56. The Labute approximate surface area is 176 Å². The standard InChI is InChI=1S/C23H39N3O3/c1-23(2,3)29-18-21-8-5-7-20(15-21)16-26-22(24-4)25-11-6-12-28-17-19-9-13-27-14-10-19/h5,7-8,15,19H,6,9-14,16-18H2,1-4H3,(H2,24,25,26). The van der Waals surface area contributed by atoms with E-state index in [9.17, 15) is 0 Å². The monoisotopic (exact) mass is 405 g/mol. The SMILES string of the molecule is CN=C(NCCCOCC1CCOCC1)NCc1cccc(COC(C)(C)C)c1.